The van der Waals surface area contributed by atoms with Gasteiger partial charge in [0, 0.05) is 0 Å². The van der Waals surface area contributed by atoms with Crippen molar-refractivity contribution in [2.45, 2.75) is 45.4 Å². The summed E-state index contributed by atoms with van der Waals surface area (Å²) in [5, 5.41) is 10.5. The molecule has 0 saturated carbocycles. The average molecular weight is 385 g/mol. The van der Waals surface area contributed by atoms with Gasteiger partial charge in [0.25, 0.3) is 0 Å². The van der Waals surface area contributed by atoms with Gasteiger partial charge in [-0.1, -0.05) is 31.9 Å². The number of fused-ring (bicyclic) bond motifs is 1. The Morgan fingerprint density at radius 1 is 1.07 bits per heavy atom. The molecule has 0 aliphatic heterocycles. The summed E-state index contributed by atoms with van der Waals surface area (Å²) in [6.07, 6.45) is 2.75. The van der Waals surface area contributed by atoms with E-state index in [1.165, 1.54) is 12.8 Å². The van der Waals surface area contributed by atoms with Gasteiger partial charge < -0.3 is 14.6 Å². The van der Waals surface area contributed by atoms with Crippen molar-refractivity contribution in [3.63, 3.8) is 0 Å². The molecule has 0 aliphatic rings. The Balaban J connectivity index is 1.70. The minimum absolute atomic E-state index is 0.189. The van der Waals surface area contributed by atoms with Crippen LogP contribution in [0.1, 0.15) is 26.2 Å². The van der Waals surface area contributed by atoms with Gasteiger partial charge in [0.05, 0.1) is 13.7 Å². The molecular formula is C22H30N3O3+. The Labute approximate surface area is 166 Å². The number of aromatic nitrogens is 2. The fourth-order valence-electron chi connectivity index (χ4n) is 3.39. The molecule has 6 nitrogen and oxygen atoms in total. The molecule has 1 heterocycles. The summed E-state index contributed by atoms with van der Waals surface area (Å²) in [5.41, 5.74) is 8.57. The number of nitrogen functional groups attached to an aromatic ring is 1. The number of methoxy groups -OCH3 is 1. The van der Waals surface area contributed by atoms with Crippen LogP contribution in [0.4, 0.5) is 5.95 Å². The fourth-order valence-corrected chi connectivity index (χ4v) is 3.39. The van der Waals surface area contributed by atoms with E-state index in [1.54, 1.807) is 7.11 Å². The highest BCUT2D eigenvalue weighted by Gasteiger charge is 2.22. The Bertz CT molecular complexity index is 890. The summed E-state index contributed by atoms with van der Waals surface area (Å²) in [4.78, 5) is 0. The monoisotopic (exact) mass is 384 g/mol. The summed E-state index contributed by atoms with van der Waals surface area (Å²) in [6, 6.07) is 15.4. The lowest BCUT2D eigenvalue weighted by atomic mass is 10.2. The van der Waals surface area contributed by atoms with Crippen molar-refractivity contribution in [3.05, 3.63) is 48.5 Å². The molecule has 3 rings (SSSR count). The third-order valence-corrected chi connectivity index (χ3v) is 4.90. The number of hydrogen-bond donors (Lipinski definition) is 2. The van der Waals surface area contributed by atoms with Crippen LogP contribution in [-0.4, -0.2) is 29.5 Å². The van der Waals surface area contributed by atoms with E-state index in [2.05, 4.69) is 17.6 Å². The molecular weight excluding hydrogens is 354 g/mol. The van der Waals surface area contributed by atoms with Gasteiger partial charge in [-0.2, -0.15) is 0 Å². The second-order valence-corrected chi connectivity index (χ2v) is 6.96. The number of nitrogens with two attached hydrogens (primary N) is 1. The van der Waals surface area contributed by atoms with E-state index >= 15 is 0 Å². The van der Waals surface area contributed by atoms with Crippen LogP contribution in [0.25, 0.3) is 11.0 Å². The zero-order valence-corrected chi connectivity index (χ0v) is 16.7. The summed E-state index contributed by atoms with van der Waals surface area (Å²) < 4.78 is 15.0. The highest BCUT2D eigenvalue weighted by molar-refractivity contribution is 5.73. The Morgan fingerprint density at radius 3 is 2.50 bits per heavy atom. The van der Waals surface area contributed by atoms with Crippen molar-refractivity contribution in [2.75, 3.05) is 19.5 Å². The molecule has 2 aromatic carbocycles. The number of ether oxygens (including phenoxy) is 2. The van der Waals surface area contributed by atoms with Gasteiger partial charge in [0.1, 0.15) is 41.8 Å². The summed E-state index contributed by atoms with van der Waals surface area (Å²) >= 11 is 0. The highest BCUT2D eigenvalue weighted by Crippen LogP contribution is 2.19. The molecule has 0 fully saturated rings. The predicted molar refractivity (Wildman–Crippen MR) is 111 cm³/mol. The molecule has 1 aromatic heterocycles. The molecule has 28 heavy (non-hydrogen) atoms. The van der Waals surface area contributed by atoms with Gasteiger partial charge in [-0.05, 0) is 42.8 Å². The first-order valence-electron chi connectivity index (χ1n) is 9.85. The van der Waals surface area contributed by atoms with Gasteiger partial charge in [-0.25, -0.2) is 9.13 Å². The first kappa shape index (κ1) is 20.0. The Hall–Kier alpha value is -2.73. The lowest BCUT2D eigenvalue weighted by Gasteiger charge is -2.12. The fraction of sp³-hybridized carbons (Fsp3) is 0.409. The van der Waals surface area contributed by atoms with Gasteiger partial charge in [0.2, 0.25) is 0 Å². The predicted octanol–water partition coefficient (Wildman–Crippen LogP) is 3.15. The number of rotatable bonds is 10. The standard InChI is InChI=1S/C22H29N3O3/c1-3-4-7-14-24-20-8-5-6-9-21(20)25(22(24)23)15-17(26)16-28-19-12-10-18(27-2)11-13-19/h5-6,8-13,17,23,26H,3-4,7,14-16H2,1-2H3/p+1. The number of para-hydroxylation sites is 2. The molecule has 6 heteroatoms. The molecule has 0 aliphatic carbocycles. The second kappa shape index (κ2) is 9.46. The number of aliphatic hydroxyl groups is 1. The van der Waals surface area contributed by atoms with Crippen LogP contribution in [0, 0.1) is 0 Å². The third-order valence-electron chi connectivity index (χ3n) is 4.90. The van der Waals surface area contributed by atoms with Gasteiger partial charge >= 0.3 is 5.95 Å². The SMILES string of the molecule is CCCCCn1c(N)[n+](CC(O)COc2ccc(OC)cc2)c2ccccc21. The third kappa shape index (κ3) is 4.57. The smallest absolute Gasteiger partial charge is 0.356 e. The number of aliphatic hydroxyl groups excluding tert-OH is 1. The van der Waals surface area contributed by atoms with Crippen molar-refractivity contribution >= 4 is 17.0 Å². The van der Waals surface area contributed by atoms with Crippen LogP contribution in [0.15, 0.2) is 48.5 Å². The largest absolute Gasteiger partial charge is 0.497 e. The van der Waals surface area contributed by atoms with E-state index in [0.717, 1.165) is 29.7 Å². The summed E-state index contributed by atoms with van der Waals surface area (Å²) in [7, 11) is 1.62. The minimum Gasteiger partial charge on any atom is -0.497 e. The first-order chi connectivity index (χ1) is 13.6. The van der Waals surface area contributed by atoms with E-state index in [9.17, 15) is 5.11 Å². The van der Waals surface area contributed by atoms with Gasteiger partial charge in [-0.3, -0.25) is 5.73 Å². The summed E-state index contributed by atoms with van der Waals surface area (Å²) in [6.45, 7) is 3.64. The maximum Gasteiger partial charge on any atom is 0.356 e. The molecule has 0 bridgehead atoms. The van der Waals surface area contributed by atoms with Crippen LogP contribution in [0.2, 0.25) is 0 Å². The van der Waals surface area contributed by atoms with Gasteiger partial charge in [-0.15, -0.1) is 0 Å². The number of hydrogen-bond acceptors (Lipinski definition) is 4. The number of benzene rings is 2. The molecule has 150 valence electrons. The number of aryl methyl sites for hydroxylation is 1. The van der Waals surface area contributed by atoms with Crippen LogP contribution in [0.5, 0.6) is 11.5 Å². The zero-order valence-electron chi connectivity index (χ0n) is 16.7. The highest BCUT2D eigenvalue weighted by atomic mass is 16.5. The number of nitrogens with zero attached hydrogens (tertiary/aromatic N) is 2. The molecule has 1 unspecified atom stereocenters. The lowest BCUT2D eigenvalue weighted by molar-refractivity contribution is -0.665. The quantitative estimate of drug-likeness (QED) is 0.416. The zero-order chi connectivity index (χ0) is 19.9. The van der Waals surface area contributed by atoms with E-state index < -0.39 is 6.10 Å². The van der Waals surface area contributed by atoms with Crippen LogP contribution < -0.4 is 19.8 Å². The first-order valence-corrected chi connectivity index (χ1v) is 9.85. The molecule has 3 N–H and O–H groups in total. The normalized spacial score (nSPS) is 12.2. The van der Waals surface area contributed by atoms with Crippen LogP contribution in [-0.2, 0) is 13.1 Å². The van der Waals surface area contributed by atoms with E-state index in [-0.39, 0.29) is 6.61 Å². The molecule has 3 aromatic rings. The van der Waals surface area contributed by atoms with Crippen molar-refractivity contribution in [1.29, 1.82) is 0 Å². The molecule has 0 amide bonds. The molecule has 1 atom stereocenters. The minimum atomic E-state index is -0.677. The summed E-state index contributed by atoms with van der Waals surface area (Å²) in [5.74, 6) is 2.13. The maximum absolute atomic E-state index is 10.5. The van der Waals surface area contributed by atoms with Crippen molar-refractivity contribution in [3.8, 4) is 11.5 Å². The topological polar surface area (TPSA) is 73.5 Å². The number of imidazole rings is 1. The van der Waals surface area contributed by atoms with Crippen LogP contribution >= 0.6 is 0 Å². The Morgan fingerprint density at radius 2 is 1.79 bits per heavy atom. The van der Waals surface area contributed by atoms with E-state index in [0.29, 0.717) is 18.2 Å². The van der Waals surface area contributed by atoms with Gasteiger partial charge in [0.15, 0.2) is 0 Å². The maximum atomic E-state index is 10.5. The van der Waals surface area contributed by atoms with Crippen LogP contribution in [0.3, 0.4) is 0 Å². The number of anilines is 1. The Kier molecular flexibility index (Phi) is 6.76. The number of unbranched alkanes of at least 4 members (excludes halogenated alkanes) is 2. The van der Waals surface area contributed by atoms with E-state index in [4.69, 9.17) is 15.2 Å². The van der Waals surface area contributed by atoms with Crippen molar-refractivity contribution in [1.82, 2.24) is 4.57 Å². The lowest BCUT2D eigenvalue weighted by Crippen LogP contribution is -2.43. The average Bonchev–Trinajstić information content (AvgIpc) is 2.99. The second-order valence-electron chi connectivity index (χ2n) is 6.96. The molecule has 0 radical (unpaired) electrons. The van der Waals surface area contributed by atoms with E-state index in [1.807, 2.05) is 47.0 Å². The van der Waals surface area contributed by atoms with Crippen molar-refractivity contribution < 1.29 is 19.1 Å². The molecule has 0 saturated heterocycles. The van der Waals surface area contributed by atoms with Crippen molar-refractivity contribution in [2.24, 2.45) is 0 Å². The molecule has 0 spiro atoms.